The first-order valence-electron chi connectivity index (χ1n) is 6.76. The highest BCUT2D eigenvalue weighted by molar-refractivity contribution is 5.30. The van der Waals surface area contributed by atoms with E-state index in [0.29, 0.717) is 25.2 Å². The Bertz CT molecular complexity index is 377. The molecule has 0 heterocycles. The molecule has 0 aliphatic heterocycles. The summed E-state index contributed by atoms with van der Waals surface area (Å²) in [5.74, 6) is 0. The molecule has 0 radical (unpaired) electrons. The summed E-state index contributed by atoms with van der Waals surface area (Å²) >= 11 is 0. The first-order valence-corrected chi connectivity index (χ1v) is 6.76. The number of likely N-dealkylation sites (N-methyl/N-ethyl adjacent to an activating group) is 1. The van der Waals surface area contributed by atoms with Crippen LogP contribution in [0.3, 0.4) is 0 Å². The summed E-state index contributed by atoms with van der Waals surface area (Å²) in [6.07, 6.45) is 3.96. The number of hydrogen-bond acceptors (Lipinski definition) is 3. The van der Waals surface area contributed by atoms with Gasteiger partial charge in [-0.3, -0.25) is 4.90 Å². The summed E-state index contributed by atoms with van der Waals surface area (Å²) < 4.78 is 5.28. The molecule has 0 bridgehead atoms. The van der Waals surface area contributed by atoms with Gasteiger partial charge in [-0.1, -0.05) is 30.7 Å². The molecule has 1 aromatic rings. The van der Waals surface area contributed by atoms with Crippen molar-refractivity contribution >= 4 is 0 Å². The molecule has 2 rings (SSSR count). The van der Waals surface area contributed by atoms with Crippen LogP contribution in [0.15, 0.2) is 24.3 Å². The maximum atomic E-state index is 6.00. The lowest BCUT2D eigenvalue weighted by molar-refractivity contribution is 0.111. The summed E-state index contributed by atoms with van der Waals surface area (Å²) in [6.45, 7) is 1.32. The molecule has 1 saturated carbocycles. The van der Waals surface area contributed by atoms with Crippen LogP contribution >= 0.6 is 0 Å². The SMILES string of the molecule is COCc1ccccc1C(CN)N(C)C1CCC1. The van der Waals surface area contributed by atoms with Crippen LogP contribution < -0.4 is 5.73 Å². The predicted molar refractivity (Wildman–Crippen MR) is 74.4 cm³/mol. The summed E-state index contributed by atoms with van der Waals surface area (Å²) in [6, 6.07) is 9.48. The van der Waals surface area contributed by atoms with Gasteiger partial charge < -0.3 is 10.5 Å². The lowest BCUT2D eigenvalue weighted by atomic mass is 9.89. The van der Waals surface area contributed by atoms with Crippen molar-refractivity contribution in [1.29, 1.82) is 0 Å². The van der Waals surface area contributed by atoms with Gasteiger partial charge in [0.2, 0.25) is 0 Å². The van der Waals surface area contributed by atoms with E-state index in [2.05, 4.69) is 36.2 Å². The number of methoxy groups -OCH3 is 1. The largest absolute Gasteiger partial charge is 0.380 e. The summed E-state index contributed by atoms with van der Waals surface area (Å²) in [5, 5.41) is 0. The third-order valence-corrected chi connectivity index (χ3v) is 4.08. The predicted octanol–water partition coefficient (Wildman–Crippen LogP) is 2.32. The van der Waals surface area contributed by atoms with E-state index in [1.54, 1.807) is 7.11 Å². The van der Waals surface area contributed by atoms with Crippen LogP contribution in [0.1, 0.15) is 36.4 Å². The number of hydrogen-bond donors (Lipinski definition) is 1. The average Bonchev–Trinajstić information content (AvgIpc) is 2.30. The molecule has 2 N–H and O–H groups in total. The quantitative estimate of drug-likeness (QED) is 0.839. The van der Waals surface area contributed by atoms with Crippen molar-refractivity contribution in [2.75, 3.05) is 20.7 Å². The molecule has 0 amide bonds. The van der Waals surface area contributed by atoms with Crippen LogP contribution in [0.25, 0.3) is 0 Å². The molecule has 3 heteroatoms. The van der Waals surface area contributed by atoms with E-state index < -0.39 is 0 Å². The van der Waals surface area contributed by atoms with Crippen LogP contribution in [-0.4, -0.2) is 31.6 Å². The van der Waals surface area contributed by atoms with Gasteiger partial charge in [-0.15, -0.1) is 0 Å². The van der Waals surface area contributed by atoms with Crippen LogP contribution in [-0.2, 0) is 11.3 Å². The Morgan fingerprint density at radius 3 is 2.67 bits per heavy atom. The fraction of sp³-hybridized carbons (Fsp3) is 0.600. The maximum Gasteiger partial charge on any atom is 0.0716 e. The van der Waals surface area contributed by atoms with Crippen LogP contribution in [0, 0.1) is 0 Å². The zero-order chi connectivity index (χ0) is 13.0. The molecule has 1 aliphatic rings. The molecule has 0 saturated heterocycles. The van der Waals surface area contributed by atoms with Gasteiger partial charge in [-0.05, 0) is 31.0 Å². The van der Waals surface area contributed by atoms with E-state index in [9.17, 15) is 0 Å². The van der Waals surface area contributed by atoms with Crippen molar-refractivity contribution in [3.05, 3.63) is 35.4 Å². The molecule has 1 unspecified atom stereocenters. The second-order valence-corrected chi connectivity index (χ2v) is 5.13. The fourth-order valence-corrected chi connectivity index (χ4v) is 2.71. The minimum absolute atomic E-state index is 0.307. The molecule has 100 valence electrons. The standard InChI is InChI=1S/C15H24N2O/c1-17(13-7-5-8-13)15(10-16)14-9-4-3-6-12(14)11-18-2/h3-4,6,9,13,15H,5,7-8,10-11,16H2,1-2H3. The molecule has 18 heavy (non-hydrogen) atoms. The summed E-state index contributed by atoms with van der Waals surface area (Å²) in [5.41, 5.74) is 8.57. The lowest BCUT2D eigenvalue weighted by Gasteiger charge is -2.40. The molecule has 1 atom stereocenters. The van der Waals surface area contributed by atoms with Crippen LogP contribution in [0.2, 0.25) is 0 Å². The smallest absolute Gasteiger partial charge is 0.0716 e. The zero-order valence-corrected chi connectivity index (χ0v) is 11.4. The Kier molecular flexibility index (Phi) is 4.75. The third kappa shape index (κ3) is 2.74. The lowest BCUT2D eigenvalue weighted by Crippen LogP contribution is -2.42. The molecule has 0 aromatic heterocycles. The van der Waals surface area contributed by atoms with Gasteiger partial charge in [0, 0.05) is 25.7 Å². The Morgan fingerprint density at radius 2 is 2.11 bits per heavy atom. The summed E-state index contributed by atoms with van der Waals surface area (Å²) in [7, 11) is 3.94. The Morgan fingerprint density at radius 1 is 1.39 bits per heavy atom. The number of ether oxygens (including phenoxy) is 1. The van der Waals surface area contributed by atoms with Gasteiger partial charge in [0.1, 0.15) is 0 Å². The minimum Gasteiger partial charge on any atom is -0.380 e. The Balaban J connectivity index is 2.20. The van der Waals surface area contributed by atoms with Crippen molar-refractivity contribution in [3.8, 4) is 0 Å². The van der Waals surface area contributed by atoms with Gasteiger partial charge in [0.15, 0.2) is 0 Å². The topological polar surface area (TPSA) is 38.5 Å². The van der Waals surface area contributed by atoms with E-state index >= 15 is 0 Å². The van der Waals surface area contributed by atoms with Gasteiger partial charge in [0.05, 0.1) is 6.61 Å². The average molecular weight is 248 g/mol. The third-order valence-electron chi connectivity index (χ3n) is 4.08. The molecule has 3 nitrogen and oxygen atoms in total. The molecule has 1 fully saturated rings. The molecule has 1 aromatic carbocycles. The molecular weight excluding hydrogens is 224 g/mol. The zero-order valence-electron chi connectivity index (χ0n) is 11.4. The second-order valence-electron chi connectivity index (χ2n) is 5.13. The first-order chi connectivity index (χ1) is 8.77. The maximum absolute atomic E-state index is 6.00. The minimum atomic E-state index is 0.307. The van der Waals surface area contributed by atoms with Crippen molar-refractivity contribution in [2.45, 2.75) is 38.0 Å². The summed E-state index contributed by atoms with van der Waals surface area (Å²) in [4.78, 5) is 2.44. The van der Waals surface area contributed by atoms with Crippen molar-refractivity contribution in [2.24, 2.45) is 5.73 Å². The molecular formula is C15H24N2O. The Labute approximate surface area is 110 Å². The van der Waals surface area contributed by atoms with E-state index in [4.69, 9.17) is 10.5 Å². The number of rotatable bonds is 6. The van der Waals surface area contributed by atoms with Gasteiger partial charge in [-0.2, -0.15) is 0 Å². The van der Waals surface area contributed by atoms with E-state index in [-0.39, 0.29) is 0 Å². The molecule has 0 spiro atoms. The first kappa shape index (κ1) is 13.5. The van der Waals surface area contributed by atoms with Gasteiger partial charge in [-0.25, -0.2) is 0 Å². The van der Waals surface area contributed by atoms with E-state index in [0.717, 1.165) is 0 Å². The number of nitrogens with zero attached hydrogens (tertiary/aromatic N) is 1. The second kappa shape index (κ2) is 6.32. The van der Waals surface area contributed by atoms with Crippen LogP contribution in [0.4, 0.5) is 0 Å². The highest BCUT2D eigenvalue weighted by atomic mass is 16.5. The van der Waals surface area contributed by atoms with E-state index in [1.807, 2.05) is 0 Å². The molecule has 1 aliphatic carbocycles. The van der Waals surface area contributed by atoms with Crippen molar-refractivity contribution in [3.63, 3.8) is 0 Å². The number of nitrogens with two attached hydrogens (primary N) is 1. The van der Waals surface area contributed by atoms with Gasteiger partial charge >= 0.3 is 0 Å². The monoisotopic (exact) mass is 248 g/mol. The highest BCUT2D eigenvalue weighted by Gasteiger charge is 2.28. The van der Waals surface area contributed by atoms with Crippen molar-refractivity contribution in [1.82, 2.24) is 4.90 Å². The van der Waals surface area contributed by atoms with Gasteiger partial charge in [0.25, 0.3) is 0 Å². The fourth-order valence-electron chi connectivity index (χ4n) is 2.71. The van der Waals surface area contributed by atoms with Crippen LogP contribution in [0.5, 0.6) is 0 Å². The van der Waals surface area contributed by atoms with E-state index in [1.165, 1.54) is 30.4 Å². The number of benzene rings is 1. The highest BCUT2D eigenvalue weighted by Crippen LogP contribution is 2.31. The van der Waals surface area contributed by atoms with Crippen molar-refractivity contribution < 1.29 is 4.74 Å². The normalized spacial score (nSPS) is 17.8. The Hall–Kier alpha value is -0.900.